The van der Waals surface area contributed by atoms with Gasteiger partial charge in [0.15, 0.2) is 0 Å². The van der Waals surface area contributed by atoms with Crippen LogP contribution in [0.25, 0.3) is 0 Å². The summed E-state index contributed by atoms with van der Waals surface area (Å²) < 4.78 is 0. The maximum absolute atomic E-state index is 5.86. The van der Waals surface area contributed by atoms with Crippen molar-refractivity contribution in [3.05, 3.63) is 0 Å². The molecule has 0 aromatic rings. The second-order valence-corrected chi connectivity index (χ2v) is 3.54. The fourth-order valence-corrected chi connectivity index (χ4v) is 2.13. The molecule has 2 rings (SSSR count). The minimum Gasteiger partial charge on any atom is -0.326 e. The Kier molecular flexibility index (Phi) is 1.44. The standard InChI is InChI=1S/C7H15N3/c8-5-2-1-4-3-6(5)10-7(4)9/h4-7,10H,1-3,8-9H2. The van der Waals surface area contributed by atoms with Crippen LogP contribution in [0.5, 0.6) is 0 Å². The summed E-state index contributed by atoms with van der Waals surface area (Å²) in [4.78, 5) is 0. The molecule has 1 saturated carbocycles. The number of nitrogens with one attached hydrogen (secondary N) is 1. The van der Waals surface area contributed by atoms with Gasteiger partial charge in [0.1, 0.15) is 0 Å². The summed E-state index contributed by atoms with van der Waals surface area (Å²) in [7, 11) is 0. The van der Waals surface area contributed by atoms with E-state index in [1.54, 1.807) is 0 Å². The maximum atomic E-state index is 5.86. The van der Waals surface area contributed by atoms with Gasteiger partial charge in [0.05, 0.1) is 6.17 Å². The highest BCUT2D eigenvalue weighted by Gasteiger charge is 2.38. The van der Waals surface area contributed by atoms with Crippen LogP contribution in [-0.4, -0.2) is 18.2 Å². The van der Waals surface area contributed by atoms with E-state index in [2.05, 4.69) is 5.32 Å². The number of fused-ring (bicyclic) bond motifs is 2. The van der Waals surface area contributed by atoms with E-state index in [0.29, 0.717) is 18.0 Å². The van der Waals surface area contributed by atoms with E-state index in [1.165, 1.54) is 12.8 Å². The number of hydrogen-bond acceptors (Lipinski definition) is 3. The zero-order valence-corrected chi connectivity index (χ0v) is 6.09. The van der Waals surface area contributed by atoms with Gasteiger partial charge in [0.25, 0.3) is 0 Å². The Bertz CT molecular complexity index is 135. The monoisotopic (exact) mass is 141 g/mol. The molecule has 0 radical (unpaired) electrons. The van der Waals surface area contributed by atoms with Crippen LogP contribution in [0, 0.1) is 5.92 Å². The van der Waals surface area contributed by atoms with Gasteiger partial charge in [-0.2, -0.15) is 0 Å². The highest BCUT2D eigenvalue weighted by atomic mass is 15.1. The molecule has 1 heterocycles. The van der Waals surface area contributed by atoms with Gasteiger partial charge in [-0.15, -0.1) is 0 Å². The second kappa shape index (κ2) is 2.19. The van der Waals surface area contributed by atoms with Crippen LogP contribution < -0.4 is 16.8 Å². The van der Waals surface area contributed by atoms with Gasteiger partial charge in [-0.3, -0.25) is 5.32 Å². The molecule has 5 N–H and O–H groups in total. The Labute approximate surface area is 61.1 Å². The van der Waals surface area contributed by atoms with Crippen molar-refractivity contribution in [3.8, 4) is 0 Å². The van der Waals surface area contributed by atoms with E-state index < -0.39 is 0 Å². The molecule has 2 bridgehead atoms. The molecule has 1 saturated heterocycles. The van der Waals surface area contributed by atoms with Crippen LogP contribution in [0.15, 0.2) is 0 Å². The van der Waals surface area contributed by atoms with E-state index >= 15 is 0 Å². The first-order chi connectivity index (χ1) is 4.77. The minimum atomic E-state index is 0.221. The van der Waals surface area contributed by atoms with Gasteiger partial charge in [-0.1, -0.05) is 0 Å². The lowest BCUT2D eigenvalue weighted by atomic mass is 9.86. The Hall–Kier alpha value is -0.120. The zero-order valence-electron chi connectivity index (χ0n) is 6.09. The molecular weight excluding hydrogens is 126 g/mol. The first kappa shape index (κ1) is 6.58. The summed E-state index contributed by atoms with van der Waals surface area (Å²) >= 11 is 0. The van der Waals surface area contributed by atoms with Crippen molar-refractivity contribution < 1.29 is 0 Å². The second-order valence-electron chi connectivity index (χ2n) is 3.54. The fourth-order valence-electron chi connectivity index (χ4n) is 2.13. The lowest BCUT2D eigenvalue weighted by Crippen LogP contribution is -2.44. The summed E-state index contributed by atoms with van der Waals surface area (Å²) in [6.07, 6.45) is 3.78. The van der Waals surface area contributed by atoms with Gasteiger partial charge in [0.2, 0.25) is 0 Å². The molecule has 0 amide bonds. The first-order valence-electron chi connectivity index (χ1n) is 4.04. The molecule has 4 unspecified atom stereocenters. The topological polar surface area (TPSA) is 64.1 Å². The van der Waals surface area contributed by atoms with Gasteiger partial charge in [0, 0.05) is 12.1 Å². The predicted octanol–water partition coefficient (Wildman–Crippen LogP) is -0.630. The molecule has 3 heteroatoms. The molecule has 0 spiro atoms. The Balaban J connectivity index is 2.08. The molecular formula is C7H15N3. The van der Waals surface area contributed by atoms with Crippen molar-refractivity contribution in [2.45, 2.75) is 37.5 Å². The molecule has 2 aliphatic rings. The summed E-state index contributed by atoms with van der Waals surface area (Å²) in [5, 5.41) is 3.32. The average Bonchev–Trinajstić information content (AvgIpc) is 2.21. The molecule has 0 aromatic heterocycles. The van der Waals surface area contributed by atoms with Gasteiger partial charge >= 0.3 is 0 Å². The van der Waals surface area contributed by atoms with Crippen LogP contribution in [0.1, 0.15) is 19.3 Å². The third-order valence-corrected chi connectivity index (χ3v) is 2.86. The largest absolute Gasteiger partial charge is 0.326 e. The molecule has 58 valence electrons. The molecule has 1 aliphatic carbocycles. The highest BCUT2D eigenvalue weighted by molar-refractivity contribution is 4.97. The van der Waals surface area contributed by atoms with E-state index in [0.717, 1.165) is 6.42 Å². The Morgan fingerprint density at radius 3 is 2.70 bits per heavy atom. The molecule has 0 aromatic carbocycles. The summed E-state index contributed by atoms with van der Waals surface area (Å²) in [6.45, 7) is 0. The minimum absolute atomic E-state index is 0.221. The molecule has 3 nitrogen and oxygen atoms in total. The normalized spacial score (nSPS) is 53.4. The third kappa shape index (κ3) is 0.856. The average molecular weight is 141 g/mol. The number of nitrogens with two attached hydrogens (primary N) is 2. The highest BCUT2D eigenvalue weighted by Crippen LogP contribution is 2.30. The third-order valence-electron chi connectivity index (χ3n) is 2.86. The van der Waals surface area contributed by atoms with Crippen molar-refractivity contribution in [2.75, 3.05) is 0 Å². The van der Waals surface area contributed by atoms with E-state index in [-0.39, 0.29) is 6.17 Å². The smallest absolute Gasteiger partial charge is 0.0578 e. The zero-order chi connectivity index (χ0) is 7.14. The van der Waals surface area contributed by atoms with Crippen LogP contribution >= 0.6 is 0 Å². The van der Waals surface area contributed by atoms with Crippen LogP contribution in [-0.2, 0) is 0 Å². The lowest BCUT2D eigenvalue weighted by Gasteiger charge is -2.23. The van der Waals surface area contributed by atoms with E-state index in [4.69, 9.17) is 11.5 Å². The quantitative estimate of drug-likeness (QED) is 0.421. The van der Waals surface area contributed by atoms with Crippen LogP contribution in [0.4, 0.5) is 0 Å². The van der Waals surface area contributed by atoms with Crippen molar-refractivity contribution in [3.63, 3.8) is 0 Å². The van der Waals surface area contributed by atoms with Crippen molar-refractivity contribution in [1.29, 1.82) is 0 Å². The van der Waals surface area contributed by atoms with Gasteiger partial charge < -0.3 is 11.5 Å². The van der Waals surface area contributed by atoms with Gasteiger partial charge in [-0.05, 0) is 25.2 Å². The number of rotatable bonds is 0. The van der Waals surface area contributed by atoms with Crippen LogP contribution in [0.3, 0.4) is 0 Å². The van der Waals surface area contributed by atoms with Crippen LogP contribution in [0.2, 0.25) is 0 Å². The summed E-state index contributed by atoms with van der Waals surface area (Å²) in [5.41, 5.74) is 11.7. The van der Waals surface area contributed by atoms with E-state index in [9.17, 15) is 0 Å². The Morgan fingerprint density at radius 2 is 2.00 bits per heavy atom. The number of hydrogen-bond donors (Lipinski definition) is 3. The van der Waals surface area contributed by atoms with Gasteiger partial charge in [-0.25, -0.2) is 0 Å². The van der Waals surface area contributed by atoms with E-state index in [1.807, 2.05) is 0 Å². The molecule has 1 aliphatic heterocycles. The van der Waals surface area contributed by atoms with Crippen molar-refractivity contribution in [2.24, 2.45) is 17.4 Å². The Morgan fingerprint density at radius 1 is 1.20 bits per heavy atom. The van der Waals surface area contributed by atoms with Crippen molar-refractivity contribution >= 4 is 0 Å². The fraction of sp³-hybridized carbons (Fsp3) is 1.00. The predicted molar refractivity (Wildman–Crippen MR) is 40.2 cm³/mol. The molecule has 4 atom stereocenters. The summed E-state index contributed by atoms with van der Waals surface area (Å²) in [5.74, 6) is 0.699. The SMILES string of the molecule is NC1CCC2CC1NC2N. The first-order valence-corrected chi connectivity index (χ1v) is 4.04. The summed E-state index contributed by atoms with van der Waals surface area (Å²) in [6, 6.07) is 0.860. The maximum Gasteiger partial charge on any atom is 0.0578 e. The molecule has 2 fully saturated rings. The molecule has 10 heavy (non-hydrogen) atoms. The lowest BCUT2D eigenvalue weighted by molar-refractivity contribution is 0.352. The van der Waals surface area contributed by atoms with Crippen molar-refractivity contribution in [1.82, 2.24) is 5.32 Å².